The Hall–Kier alpha value is -2.38. The first-order valence-electron chi connectivity index (χ1n) is 35.9. The first kappa shape index (κ1) is 79.6. The van der Waals surface area contributed by atoms with Gasteiger partial charge in [0, 0.05) is 12.8 Å². The van der Waals surface area contributed by atoms with Crippen LogP contribution in [0, 0.1) is 0 Å². The summed E-state index contributed by atoms with van der Waals surface area (Å²) in [4.78, 5) is 25.1. The number of aliphatic hydroxyl groups excluding tert-OH is 5. The number of unbranched alkanes of at least 4 members (excludes halogenated alkanes) is 43. The Kier molecular flexibility index (Phi) is 59.0. The van der Waals surface area contributed by atoms with Crippen LogP contribution in [-0.2, 0) is 23.8 Å². The molecule has 6 N–H and O–H groups in total. The average Bonchev–Trinajstić information content (AvgIpc) is 3.68. The summed E-state index contributed by atoms with van der Waals surface area (Å²) >= 11 is 0. The quantitative estimate of drug-likeness (QED) is 0.0195. The third-order valence-corrected chi connectivity index (χ3v) is 16.9. The smallest absolute Gasteiger partial charge is 0.305 e. The normalized spacial score (nSPS) is 18.3. The first-order valence-corrected chi connectivity index (χ1v) is 35.9. The molecule has 7 atom stereocenters. The van der Waals surface area contributed by atoms with Gasteiger partial charge in [0.25, 0.3) is 0 Å². The molecule has 1 fully saturated rings. The molecule has 11 nitrogen and oxygen atoms in total. The molecule has 84 heavy (non-hydrogen) atoms. The van der Waals surface area contributed by atoms with Gasteiger partial charge >= 0.3 is 5.97 Å². The van der Waals surface area contributed by atoms with Crippen LogP contribution in [-0.4, -0.2) is 100 Å². The number of amides is 1. The summed E-state index contributed by atoms with van der Waals surface area (Å²) in [6, 6.07) is -0.828. The highest BCUT2D eigenvalue weighted by Crippen LogP contribution is 2.23. The zero-order chi connectivity index (χ0) is 60.9. The van der Waals surface area contributed by atoms with Gasteiger partial charge in [-0.15, -0.1) is 0 Å². The van der Waals surface area contributed by atoms with Crippen LogP contribution >= 0.6 is 0 Å². The Labute approximate surface area is 516 Å². The zero-order valence-electron chi connectivity index (χ0n) is 54.6. The van der Waals surface area contributed by atoms with E-state index in [1.54, 1.807) is 6.08 Å². The van der Waals surface area contributed by atoms with E-state index in [2.05, 4.69) is 55.6 Å². The summed E-state index contributed by atoms with van der Waals surface area (Å²) < 4.78 is 16.7. The van der Waals surface area contributed by atoms with E-state index < -0.39 is 49.5 Å². The lowest BCUT2D eigenvalue weighted by Gasteiger charge is -2.40. The van der Waals surface area contributed by atoms with Crippen LogP contribution in [0.1, 0.15) is 341 Å². The minimum atomic E-state index is -1.58. The fourth-order valence-corrected chi connectivity index (χ4v) is 11.2. The van der Waals surface area contributed by atoms with Crippen molar-refractivity contribution >= 4 is 11.9 Å². The molecule has 0 aliphatic carbocycles. The molecule has 1 rings (SSSR count). The number of esters is 1. The molecule has 1 aliphatic rings. The molecule has 1 heterocycles. The van der Waals surface area contributed by atoms with Crippen LogP contribution in [0.25, 0.3) is 0 Å². The molecule has 0 saturated carbocycles. The molecule has 0 spiro atoms. The highest BCUT2D eigenvalue weighted by molar-refractivity contribution is 5.76. The summed E-state index contributed by atoms with van der Waals surface area (Å²) in [5.74, 6) is -0.185. The molecule has 0 aromatic heterocycles. The van der Waals surface area contributed by atoms with Gasteiger partial charge in [-0.05, 0) is 77.0 Å². The van der Waals surface area contributed by atoms with E-state index in [4.69, 9.17) is 14.2 Å². The number of carbonyl (C=O) groups is 2. The molecule has 1 saturated heterocycles. The van der Waals surface area contributed by atoms with E-state index in [-0.39, 0.29) is 18.5 Å². The summed E-state index contributed by atoms with van der Waals surface area (Å²) in [7, 11) is 0. The fourth-order valence-electron chi connectivity index (χ4n) is 11.2. The Balaban J connectivity index is 2.00. The van der Waals surface area contributed by atoms with Gasteiger partial charge in [0.05, 0.1) is 32.0 Å². The van der Waals surface area contributed by atoms with Crippen molar-refractivity contribution in [3.05, 3.63) is 48.6 Å². The van der Waals surface area contributed by atoms with Crippen molar-refractivity contribution in [1.29, 1.82) is 0 Å². The number of rotatable bonds is 63. The molecule has 492 valence electrons. The van der Waals surface area contributed by atoms with Crippen molar-refractivity contribution in [2.75, 3.05) is 19.8 Å². The number of nitrogens with one attached hydrogen (secondary N) is 1. The van der Waals surface area contributed by atoms with Gasteiger partial charge in [-0.25, -0.2) is 0 Å². The van der Waals surface area contributed by atoms with Gasteiger partial charge in [-0.1, -0.05) is 300 Å². The third kappa shape index (κ3) is 50.6. The number of allylic oxidation sites excluding steroid dienone is 7. The second-order valence-corrected chi connectivity index (χ2v) is 24.9. The van der Waals surface area contributed by atoms with E-state index in [1.165, 1.54) is 250 Å². The minimum absolute atomic E-state index is 0.00477. The monoisotopic (exact) mass is 1190 g/mol. The highest BCUT2D eigenvalue weighted by atomic mass is 16.7. The van der Waals surface area contributed by atoms with E-state index in [0.717, 1.165) is 64.2 Å². The molecule has 11 heteroatoms. The number of aliphatic hydroxyl groups is 5. The van der Waals surface area contributed by atoms with Gasteiger partial charge in [0.2, 0.25) is 5.91 Å². The summed E-state index contributed by atoms with van der Waals surface area (Å²) in [5.41, 5.74) is 0. The SMILES string of the molecule is CCCCCCCCCC/C=C/CC/C=C/C(O)C(COC1OC(CO)C(O)C(O)C1O)NC(=O)CCCCCCCCCCCCCCCCC/C=C\C/C=C\CCCCCCCCCCCOC(=O)CCCCCCCCCCCCC. The Morgan fingerprint density at radius 1 is 0.440 bits per heavy atom. The zero-order valence-corrected chi connectivity index (χ0v) is 54.6. The molecule has 1 aliphatic heterocycles. The molecular weight excluding hydrogens is 1050 g/mol. The maximum absolute atomic E-state index is 13.1. The summed E-state index contributed by atoms with van der Waals surface area (Å²) in [6.07, 6.45) is 71.0. The lowest BCUT2D eigenvalue weighted by Crippen LogP contribution is -2.60. The highest BCUT2D eigenvalue weighted by Gasteiger charge is 2.44. The van der Waals surface area contributed by atoms with Crippen LogP contribution in [0.15, 0.2) is 48.6 Å². The fraction of sp³-hybridized carbons (Fsp3) is 0.863. The second-order valence-electron chi connectivity index (χ2n) is 24.9. The van der Waals surface area contributed by atoms with Crippen LogP contribution < -0.4 is 5.32 Å². The molecule has 0 radical (unpaired) electrons. The topological polar surface area (TPSA) is 175 Å². The van der Waals surface area contributed by atoms with E-state index in [1.807, 2.05) is 6.08 Å². The summed E-state index contributed by atoms with van der Waals surface area (Å²) in [6.45, 7) is 4.35. The third-order valence-electron chi connectivity index (χ3n) is 16.9. The van der Waals surface area contributed by atoms with E-state index >= 15 is 0 Å². The van der Waals surface area contributed by atoms with Crippen molar-refractivity contribution in [2.45, 2.75) is 384 Å². The molecule has 0 bridgehead atoms. The molecular formula is C73H135NO10. The average molecular weight is 1190 g/mol. The van der Waals surface area contributed by atoms with Gasteiger partial charge in [0.15, 0.2) is 6.29 Å². The molecule has 1 amide bonds. The minimum Gasteiger partial charge on any atom is -0.466 e. The predicted molar refractivity (Wildman–Crippen MR) is 352 cm³/mol. The Bertz CT molecular complexity index is 1530. The Morgan fingerprint density at radius 3 is 1.25 bits per heavy atom. The van der Waals surface area contributed by atoms with Crippen molar-refractivity contribution in [1.82, 2.24) is 5.32 Å². The number of hydrogen-bond donors (Lipinski definition) is 6. The van der Waals surface area contributed by atoms with Crippen molar-refractivity contribution in [3.63, 3.8) is 0 Å². The second kappa shape index (κ2) is 62.2. The maximum atomic E-state index is 13.1. The predicted octanol–water partition coefficient (Wildman–Crippen LogP) is 18.4. The lowest BCUT2D eigenvalue weighted by molar-refractivity contribution is -0.302. The van der Waals surface area contributed by atoms with Crippen molar-refractivity contribution < 1.29 is 49.3 Å². The number of ether oxygens (including phenoxy) is 3. The molecule has 0 aromatic rings. The standard InChI is InChI=1S/C73H135NO10/c1-3-5-7-9-11-13-15-16-36-40-43-47-51-55-59-66(76)65(64-83-73-72(81)71(80)70(79)67(63-75)84-73)74-68(77)60-56-52-48-44-41-37-34-32-30-28-26-24-22-20-18-17-19-21-23-25-27-29-31-33-35-38-42-46-50-54-58-62-82-69(78)61-57-53-49-45-39-14-12-10-8-6-4-2/h19,21,25,27,40,43,55,59,65-67,70-73,75-76,79-81H,3-18,20,22-24,26,28-39,41-42,44-54,56-58,60-64H2,1-2H3,(H,74,77)/b21-19-,27-25-,43-40+,59-55+. The van der Waals surface area contributed by atoms with Crippen LogP contribution in [0.4, 0.5) is 0 Å². The van der Waals surface area contributed by atoms with Crippen LogP contribution in [0.3, 0.4) is 0 Å². The maximum Gasteiger partial charge on any atom is 0.305 e. The number of hydrogen-bond acceptors (Lipinski definition) is 10. The first-order chi connectivity index (χ1) is 41.2. The lowest BCUT2D eigenvalue weighted by atomic mass is 9.99. The van der Waals surface area contributed by atoms with Crippen LogP contribution in [0.5, 0.6) is 0 Å². The van der Waals surface area contributed by atoms with Gasteiger partial charge in [0.1, 0.15) is 24.4 Å². The number of carbonyl (C=O) groups excluding carboxylic acids is 2. The van der Waals surface area contributed by atoms with Gasteiger partial charge in [-0.3, -0.25) is 9.59 Å². The van der Waals surface area contributed by atoms with Crippen LogP contribution in [0.2, 0.25) is 0 Å². The molecule has 7 unspecified atom stereocenters. The van der Waals surface area contributed by atoms with E-state index in [0.29, 0.717) is 19.4 Å². The van der Waals surface area contributed by atoms with Gasteiger partial charge < -0.3 is 45.1 Å². The van der Waals surface area contributed by atoms with Crippen molar-refractivity contribution in [2.24, 2.45) is 0 Å². The molecule has 0 aromatic carbocycles. The largest absolute Gasteiger partial charge is 0.466 e. The van der Waals surface area contributed by atoms with Gasteiger partial charge in [-0.2, -0.15) is 0 Å². The Morgan fingerprint density at radius 2 is 0.810 bits per heavy atom. The van der Waals surface area contributed by atoms with Crippen molar-refractivity contribution in [3.8, 4) is 0 Å². The van der Waals surface area contributed by atoms with E-state index in [9.17, 15) is 35.1 Å². The summed E-state index contributed by atoms with van der Waals surface area (Å²) in [5, 5.41) is 54.5.